The van der Waals surface area contributed by atoms with Crippen LogP contribution in [0.1, 0.15) is 23.5 Å². The molecule has 3 heterocycles. The molecule has 30 heavy (non-hydrogen) atoms. The number of benzene rings is 1. The summed E-state index contributed by atoms with van der Waals surface area (Å²) in [7, 11) is 0. The molecule has 0 spiro atoms. The Balaban J connectivity index is 1.40. The van der Waals surface area contributed by atoms with Crippen LogP contribution in [0.15, 0.2) is 34.6 Å². The summed E-state index contributed by atoms with van der Waals surface area (Å²) < 4.78 is 0.586. The lowest BCUT2D eigenvalue weighted by molar-refractivity contribution is -0.122. The minimum absolute atomic E-state index is 0.0518. The second-order valence-electron chi connectivity index (χ2n) is 6.48. The van der Waals surface area contributed by atoms with Crippen molar-refractivity contribution in [2.24, 2.45) is 0 Å². The number of thioether (sulfide) groups is 1. The molecule has 1 aliphatic rings. The van der Waals surface area contributed by atoms with Crippen LogP contribution in [0.3, 0.4) is 0 Å². The first-order valence-electron chi connectivity index (χ1n) is 9.03. The fourth-order valence-corrected chi connectivity index (χ4v) is 5.69. The number of rotatable bonds is 7. The van der Waals surface area contributed by atoms with Crippen molar-refractivity contribution in [1.82, 2.24) is 25.5 Å². The first-order valence-corrected chi connectivity index (χ1v) is 11.9. The van der Waals surface area contributed by atoms with Crippen LogP contribution in [0, 0.1) is 0 Å². The highest BCUT2D eigenvalue weighted by Crippen LogP contribution is 2.37. The third kappa shape index (κ3) is 4.92. The molecular formula is C19H15Cl2N5OS3. The SMILES string of the molecule is O=C1C(=Cc2cc(-c3ccc(Cl)cc3Cl)cs2)SC(=S)N1CCCCc1nn[nH]n1. The van der Waals surface area contributed by atoms with Gasteiger partial charge in [0.15, 0.2) is 5.82 Å². The van der Waals surface area contributed by atoms with E-state index in [1.54, 1.807) is 22.3 Å². The van der Waals surface area contributed by atoms with Gasteiger partial charge in [0, 0.05) is 33.5 Å². The van der Waals surface area contributed by atoms with Gasteiger partial charge in [-0.2, -0.15) is 5.21 Å². The van der Waals surface area contributed by atoms with E-state index in [1.165, 1.54) is 11.8 Å². The van der Waals surface area contributed by atoms with E-state index in [0.717, 1.165) is 28.8 Å². The summed E-state index contributed by atoms with van der Waals surface area (Å²) in [5, 5.41) is 17.0. The van der Waals surface area contributed by atoms with E-state index in [9.17, 15) is 4.79 Å². The lowest BCUT2D eigenvalue weighted by Gasteiger charge is -2.13. The largest absolute Gasteiger partial charge is 0.293 e. The highest BCUT2D eigenvalue weighted by molar-refractivity contribution is 8.26. The summed E-state index contributed by atoms with van der Waals surface area (Å²) in [6.07, 6.45) is 4.27. The van der Waals surface area contributed by atoms with Crippen LogP contribution in [0.2, 0.25) is 10.0 Å². The van der Waals surface area contributed by atoms with E-state index < -0.39 is 0 Å². The third-order valence-electron chi connectivity index (χ3n) is 4.43. The summed E-state index contributed by atoms with van der Waals surface area (Å²) in [5.74, 6) is 0.624. The van der Waals surface area contributed by atoms with Gasteiger partial charge in [-0.25, -0.2) is 0 Å². The predicted molar refractivity (Wildman–Crippen MR) is 127 cm³/mol. The molecule has 0 aliphatic carbocycles. The Labute approximate surface area is 196 Å². The second-order valence-corrected chi connectivity index (χ2v) is 9.94. The van der Waals surface area contributed by atoms with Crippen LogP contribution in [-0.4, -0.2) is 42.3 Å². The summed E-state index contributed by atoms with van der Waals surface area (Å²) >= 11 is 20.6. The van der Waals surface area contributed by atoms with Crippen LogP contribution in [0.25, 0.3) is 17.2 Å². The van der Waals surface area contributed by atoms with Gasteiger partial charge in [0.1, 0.15) is 4.32 Å². The number of nitrogens with one attached hydrogen (secondary N) is 1. The molecule has 6 nitrogen and oxygen atoms in total. The van der Waals surface area contributed by atoms with Crippen LogP contribution in [0.4, 0.5) is 0 Å². The molecule has 4 rings (SSSR count). The van der Waals surface area contributed by atoms with Crippen LogP contribution < -0.4 is 0 Å². The Morgan fingerprint density at radius 3 is 2.87 bits per heavy atom. The van der Waals surface area contributed by atoms with Crippen molar-refractivity contribution < 1.29 is 4.79 Å². The summed E-state index contributed by atoms with van der Waals surface area (Å²) in [4.78, 5) is 16.0. The van der Waals surface area contributed by atoms with Gasteiger partial charge in [-0.15, -0.1) is 21.5 Å². The molecule has 0 bridgehead atoms. The molecule has 1 saturated heterocycles. The number of nitrogens with zero attached hydrogens (tertiary/aromatic N) is 4. The monoisotopic (exact) mass is 495 g/mol. The molecule has 1 N–H and O–H groups in total. The van der Waals surface area contributed by atoms with Crippen LogP contribution in [0.5, 0.6) is 0 Å². The number of hydrogen-bond donors (Lipinski definition) is 1. The molecule has 11 heteroatoms. The quantitative estimate of drug-likeness (QED) is 0.266. The van der Waals surface area contributed by atoms with Gasteiger partial charge in [0.2, 0.25) is 0 Å². The normalized spacial score (nSPS) is 15.5. The number of aromatic amines is 1. The number of hydrogen-bond acceptors (Lipinski definition) is 7. The number of thiocarbonyl (C=S) groups is 1. The average molecular weight is 496 g/mol. The fraction of sp³-hybridized carbons (Fsp3) is 0.211. The van der Waals surface area contributed by atoms with Crippen molar-refractivity contribution >= 4 is 74.8 Å². The minimum Gasteiger partial charge on any atom is -0.293 e. The maximum Gasteiger partial charge on any atom is 0.266 e. The molecule has 1 aliphatic heterocycles. The molecule has 1 fully saturated rings. The number of aryl methyl sites for hydroxylation is 1. The summed E-state index contributed by atoms with van der Waals surface area (Å²) in [6, 6.07) is 7.44. The number of carbonyl (C=O) groups excluding carboxylic acids is 1. The van der Waals surface area contributed by atoms with E-state index in [4.69, 9.17) is 35.4 Å². The number of H-pyrrole nitrogens is 1. The smallest absolute Gasteiger partial charge is 0.266 e. The highest BCUT2D eigenvalue weighted by Gasteiger charge is 2.31. The lowest BCUT2D eigenvalue weighted by atomic mass is 10.1. The van der Waals surface area contributed by atoms with E-state index in [2.05, 4.69) is 20.6 Å². The number of halogens is 2. The average Bonchev–Trinajstić information content (AvgIpc) is 3.43. The standard InChI is InChI=1S/C19H15Cl2N5OS3/c20-12-4-5-14(15(21)8-12)11-7-13(29-10-11)9-16-18(27)26(19(28)30-16)6-2-1-3-17-22-24-25-23-17/h4-5,7-10H,1-3,6H2,(H,22,23,24,25). The first-order chi connectivity index (χ1) is 14.5. The van der Waals surface area contributed by atoms with Crippen molar-refractivity contribution in [3.63, 3.8) is 0 Å². The van der Waals surface area contributed by atoms with E-state index >= 15 is 0 Å². The minimum atomic E-state index is -0.0518. The van der Waals surface area contributed by atoms with Gasteiger partial charge < -0.3 is 0 Å². The van der Waals surface area contributed by atoms with Gasteiger partial charge in [0.05, 0.1) is 4.91 Å². The molecule has 2 aromatic heterocycles. The van der Waals surface area contributed by atoms with Crippen molar-refractivity contribution in [2.75, 3.05) is 6.54 Å². The van der Waals surface area contributed by atoms with E-state index in [1.807, 2.05) is 29.7 Å². The summed E-state index contributed by atoms with van der Waals surface area (Å²) in [6.45, 7) is 0.579. The molecule has 0 saturated carbocycles. The zero-order valence-corrected chi connectivity index (χ0v) is 19.4. The maximum absolute atomic E-state index is 12.8. The van der Waals surface area contributed by atoms with E-state index in [0.29, 0.717) is 38.1 Å². The molecule has 3 aromatic rings. The molecule has 0 radical (unpaired) electrons. The third-order valence-corrected chi connectivity index (χ3v) is 7.24. The van der Waals surface area contributed by atoms with E-state index in [-0.39, 0.29) is 5.91 Å². The van der Waals surface area contributed by atoms with Crippen LogP contribution >= 0.6 is 58.5 Å². The number of carbonyl (C=O) groups is 1. The summed E-state index contributed by atoms with van der Waals surface area (Å²) in [5.41, 5.74) is 1.90. The lowest BCUT2D eigenvalue weighted by Crippen LogP contribution is -2.29. The number of thiophene rings is 1. The van der Waals surface area contributed by atoms with Crippen molar-refractivity contribution in [1.29, 1.82) is 0 Å². The Morgan fingerprint density at radius 2 is 2.10 bits per heavy atom. The van der Waals surface area contributed by atoms with Gasteiger partial charge >= 0.3 is 0 Å². The fourth-order valence-electron chi connectivity index (χ4n) is 2.96. The zero-order chi connectivity index (χ0) is 21.1. The zero-order valence-electron chi connectivity index (χ0n) is 15.5. The Hall–Kier alpha value is -1.78. The Kier molecular flexibility index (Phi) is 6.84. The molecule has 1 amide bonds. The topological polar surface area (TPSA) is 74.8 Å². The number of unbranched alkanes of at least 4 members (excludes halogenated alkanes) is 1. The van der Waals surface area contributed by atoms with Gasteiger partial charge in [-0.3, -0.25) is 9.69 Å². The van der Waals surface area contributed by atoms with Gasteiger partial charge in [0.25, 0.3) is 5.91 Å². The number of tetrazole rings is 1. The number of amides is 1. The van der Waals surface area contributed by atoms with Gasteiger partial charge in [-0.05, 0) is 48.1 Å². The highest BCUT2D eigenvalue weighted by atomic mass is 35.5. The molecule has 1 aromatic carbocycles. The first kappa shape index (κ1) is 21.5. The Bertz CT molecular complexity index is 1110. The molecular weight excluding hydrogens is 481 g/mol. The number of aromatic nitrogens is 4. The van der Waals surface area contributed by atoms with Crippen molar-refractivity contribution in [2.45, 2.75) is 19.3 Å². The molecule has 0 atom stereocenters. The van der Waals surface area contributed by atoms with Crippen molar-refractivity contribution in [3.8, 4) is 11.1 Å². The second kappa shape index (κ2) is 9.57. The van der Waals surface area contributed by atoms with Crippen molar-refractivity contribution in [3.05, 3.63) is 55.3 Å². The van der Waals surface area contributed by atoms with Crippen LogP contribution in [-0.2, 0) is 11.2 Å². The molecule has 154 valence electrons. The maximum atomic E-state index is 12.8. The molecule has 0 unspecified atom stereocenters. The predicted octanol–water partition coefficient (Wildman–Crippen LogP) is 5.46. The van der Waals surface area contributed by atoms with Gasteiger partial charge in [-0.1, -0.05) is 58.5 Å². The Morgan fingerprint density at radius 1 is 1.23 bits per heavy atom.